The summed E-state index contributed by atoms with van der Waals surface area (Å²) in [4.78, 5) is 31.5. The van der Waals surface area contributed by atoms with Gasteiger partial charge in [0.05, 0.1) is 10.6 Å². The number of carbonyl (C=O) groups is 2. The van der Waals surface area contributed by atoms with Crippen molar-refractivity contribution in [2.24, 2.45) is 0 Å². The van der Waals surface area contributed by atoms with E-state index >= 15 is 0 Å². The van der Waals surface area contributed by atoms with Crippen LogP contribution in [-0.4, -0.2) is 60.4 Å². The molecular formula is C28H34N4O5S2. The maximum Gasteiger partial charge on any atom is 0.347 e. The monoisotopic (exact) mass is 570 g/mol. The molecule has 2 heterocycles. The number of nitrogens with zero attached hydrogens (tertiary/aromatic N) is 3. The summed E-state index contributed by atoms with van der Waals surface area (Å²) in [7, 11) is -3.96. The molecule has 3 aromatic rings. The molecule has 1 saturated heterocycles. The molecule has 1 aliphatic heterocycles. The highest BCUT2D eigenvalue weighted by Crippen LogP contribution is 2.30. The Bertz CT molecular complexity index is 1420. The highest BCUT2D eigenvalue weighted by atomic mass is 32.2. The predicted molar refractivity (Wildman–Crippen MR) is 152 cm³/mol. The van der Waals surface area contributed by atoms with Crippen LogP contribution in [0, 0.1) is 6.92 Å². The van der Waals surface area contributed by atoms with Crippen molar-refractivity contribution in [3.8, 4) is 0 Å². The minimum atomic E-state index is -3.96. The summed E-state index contributed by atoms with van der Waals surface area (Å²) in [5.74, 6) is -1.48. The number of hydrogen-bond donors (Lipinski definition) is 2. The van der Waals surface area contributed by atoms with Crippen molar-refractivity contribution < 1.29 is 23.1 Å². The predicted octanol–water partition coefficient (Wildman–Crippen LogP) is 3.86. The van der Waals surface area contributed by atoms with E-state index in [9.17, 15) is 23.1 Å². The van der Waals surface area contributed by atoms with Crippen LogP contribution < -0.4 is 10.2 Å². The number of aromatic nitrogens is 1. The third-order valence-corrected chi connectivity index (χ3v) is 9.98. The van der Waals surface area contributed by atoms with Gasteiger partial charge in [0, 0.05) is 26.2 Å². The number of amides is 1. The van der Waals surface area contributed by atoms with Gasteiger partial charge in [-0.15, -0.1) is 0 Å². The number of carboxylic acids is 1. The molecule has 1 aliphatic rings. The Hall–Kier alpha value is -3.28. The van der Waals surface area contributed by atoms with Crippen LogP contribution in [0.5, 0.6) is 0 Å². The second-order valence-electron chi connectivity index (χ2n) is 9.58. The van der Waals surface area contributed by atoms with Gasteiger partial charge in [-0.1, -0.05) is 68.0 Å². The molecule has 208 valence electrons. The SMILES string of the molecule is CCCc1ccc(CNC(=O)[C@H]2CN(c3nc(C)c(C(=O)O)s3)CCN2S(=O)(=O)c2ccc(CC)cc2)cc1. The largest absolute Gasteiger partial charge is 0.477 e. The fourth-order valence-corrected chi connectivity index (χ4v) is 7.12. The van der Waals surface area contributed by atoms with Crippen LogP contribution in [0.2, 0.25) is 0 Å². The molecule has 9 nitrogen and oxygen atoms in total. The quantitative estimate of drug-likeness (QED) is 0.380. The Balaban J connectivity index is 1.59. The fourth-order valence-electron chi connectivity index (χ4n) is 4.61. The van der Waals surface area contributed by atoms with Crippen molar-refractivity contribution in [3.05, 3.63) is 75.8 Å². The number of aromatic carboxylic acids is 1. The van der Waals surface area contributed by atoms with Crippen molar-refractivity contribution in [1.82, 2.24) is 14.6 Å². The Labute approximate surface area is 233 Å². The first-order chi connectivity index (χ1) is 18.6. The van der Waals surface area contributed by atoms with E-state index in [1.54, 1.807) is 36.1 Å². The molecular weight excluding hydrogens is 536 g/mol. The standard InChI is InChI=1S/C28H34N4O5S2/c1-4-6-21-7-9-22(10-8-21)17-29-26(33)24-18-31(28-30-19(3)25(38-28)27(34)35)15-16-32(24)39(36,37)23-13-11-20(5-2)12-14-23/h7-14,24H,4-6,15-18H2,1-3H3,(H,29,33)(H,34,35)/t24-/m1/s1. The maximum absolute atomic E-state index is 13.7. The molecule has 4 rings (SSSR count). The lowest BCUT2D eigenvalue weighted by Gasteiger charge is -2.39. The molecule has 1 atom stereocenters. The zero-order valence-electron chi connectivity index (χ0n) is 22.4. The lowest BCUT2D eigenvalue weighted by molar-refractivity contribution is -0.125. The van der Waals surface area contributed by atoms with Crippen molar-refractivity contribution in [3.63, 3.8) is 0 Å². The molecule has 0 aliphatic carbocycles. The Kier molecular flexibility index (Phi) is 9.04. The van der Waals surface area contributed by atoms with Gasteiger partial charge in [0.15, 0.2) is 5.13 Å². The van der Waals surface area contributed by atoms with Crippen molar-refractivity contribution in [2.45, 2.75) is 57.5 Å². The van der Waals surface area contributed by atoms with Gasteiger partial charge >= 0.3 is 5.97 Å². The summed E-state index contributed by atoms with van der Waals surface area (Å²) in [6.07, 6.45) is 2.82. The van der Waals surface area contributed by atoms with E-state index in [0.29, 0.717) is 10.8 Å². The zero-order valence-corrected chi connectivity index (χ0v) is 24.0. The van der Waals surface area contributed by atoms with Crippen LogP contribution >= 0.6 is 11.3 Å². The number of benzene rings is 2. The number of sulfonamides is 1. The van der Waals surface area contributed by atoms with Gasteiger partial charge in [-0.2, -0.15) is 4.31 Å². The van der Waals surface area contributed by atoms with Gasteiger partial charge < -0.3 is 15.3 Å². The van der Waals surface area contributed by atoms with Crippen LogP contribution in [0.15, 0.2) is 53.4 Å². The average Bonchev–Trinajstić information content (AvgIpc) is 3.34. The molecule has 0 unspecified atom stereocenters. The number of hydrogen-bond acceptors (Lipinski definition) is 7. The Morgan fingerprint density at radius 2 is 1.67 bits per heavy atom. The number of aryl methyl sites for hydroxylation is 3. The first kappa shape index (κ1) is 28.7. The van der Waals surface area contributed by atoms with Crippen LogP contribution in [0.4, 0.5) is 5.13 Å². The molecule has 1 fully saturated rings. The molecule has 11 heteroatoms. The van der Waals surface area contributed by atoms with Crippen LogP contribution in [0.25, 0.3) is 0 Å². The minimum absolute atomic E-state index is 0.0551. The summed E-state index contributed by atoms with van der Waals surface area (Å²) in [5, 5.41) is 12.8. The number of nitrogens with one attached hydrogen (secondary N) is 1. The van der Waals surface area contributed by atoms with Crippen molar-refractivity contribution in [1.29, 1.82) is 0 Å². The summed E-state index contributed by atoms with van der Waals surface area (Å²) < 4.78 is 28.7. The van der Waals surface area contributed by atoms with Crippen LogP contribution in [0.1, 0.15) is 52.3 Å². The molecule has 1 aromatic heterocycles. The van der Waals surface area contributed by atoms with E-state index in [4.69, 9.17) is 0 Å². The van der Waals surface area contributed by atoms with Crippen molar-refractivity contribution in [2.75, 3.05) is 24.5 Å². The molecule has 1 amide bonds. The number of piperazine rings is 1. The number of anilines is 1. The third kappa shape index (κ3) is 6.48. The van der Waals surface area contributed by atoms with E-state index in [0.717, 1.165) is 41.7 Å². The maximum atomic E-state index is 13.7. The van der Waals surface area contributed by atoms with E-state index in [-0.39, 0.29) is 36.0 Å². The topological polar surface area (TPSA) is 120 Å². The molecule has 2 N–H and O–H groups in total. The molecule has 0 spiro atoms. The summed E-state index contributed by atoms with van der Waals surface area (Å²) in [5.41, 5.74) is 3.55. The van der Waals surface area contributed by atoms with Crippen molar-refractivity contribution >= 4 is 38.4 Å². The molecule has 0 radical (unpaired) electrons. The van der Waals surface area contributed by atoms with Gasteiger partial charge in [-0.3, -0.25) is 4.79 Å². The van der Waals surface area contributed by atoms with E-state index in [2.05, 4.69) is 17.2 Å². The molecule has 0 saturated carbocycles. The smallest absolute Gasteiger partial charge is 0.347 e. The Morgan fingerprint density at radius 1 is 1.03 bits per heavy atom. The fraction of sp³-hybridized carbons (Fsp3) is 0.393. The van der Waals surface area contributed by atoms with Gasteiger partial charge in [0.1, 0.15) is 10.9 Å². The lowest BCUT2D eigenvalue weighted by Crippen LogP contribution is -2.60. The van der Waals surface area contributed by atoms with E-state index in [1.807, 2.05) is 31.2 Å². The molecule has 0 bridgehead atoms. The number of carbonyl (C=O) groups excluding carboxylic acids is 1. The summed E-state index contributed by atoms with van der Waals surface area (Å²) >= 11 is 1.03. The Morgan fingerprint density at radius 3 is 2.26 bits per heavy atom. The summed E-state index contributed by atoms with van der Waals surface area (Å²) in [6.45, 7) is 6.40. The van der Waals surface area contributed by atoms with Gasteiger partial charge in [-0.05, 0) is 48.6 Å². The third-order valence-electron chi connectivity index (χ3n) is 6.85. The second kappa shape index (κ2) is 12.3. The van der Waals surface area contributed by atoms with Gasteiger partial charge in [0.25, 0.3) is 0 Å². The normalized spacial score (nSPS) is 16.3. The minimum Gasteiger partial charge on any atom is -0.477 e. The highest BCUT2D eigenvalue weighted by Gasteiger charge is 2.41. The molecule has 2 aromatic carbocycles. The second-order valence-corrected chi connectivity index (χ2v) is 12.4. The van der Waals surface area contributed by atoms with Gasteiger partial charge in [0.2, 0.25) is 15.9 Å². The first-order valence-corrected chi connectivity index (χ1v) is 15.3. The van der Waals surface area contributed by atoms with E-state index in [1.165, 1.54) is 9.87 Å². The van der Waals surface area contributed by atoms with Crippen LogP contribution in [0.3, 0.4) is 0 Å². The zero-order chi connectivity index (χ0) is 28.2. The molecule has 39 heavy (non-hydrogen) atoms. The van der Waals surface area contributed by atoms with Gasteiger partial charge in [-0.25, -0.2) is 18.2 Å². The lowest BCUT2D eigenvalue weighted by atomic mass is 10.1. The first-order valence-electron chi connectivity index (χ1n) is 13.1. The van der Waals surface area contributed by atoms with Crippen LogP contribution in [-0.2, 0) is 34.2 Å². The highest BCUT2D eigenvalue weighted by molar-refractivity contribution is 7.89. The summed E-state index contributed by atoms with van der Waals surface area (Å²) in [6, 6.07) is 13.7. The number of carboxylic acid groups (broad SMARTS) is 1. The average molecular weight is 571 g/mol. The number of rotatable bonds is 10. The van der Waals surface area contributed by atoms with E-state index < -0.39 is 27.9 Å². The number of thiazole rings is 1.